The van der Waals surface area contributed by atoms with Crippen LogP contribution in [0.1, 0.15) is 33.1 Å². The highest BCUT2D eigenvalue weighted by Crippen LogP contribution is 1.96. The van der Waals surface area contributed by atoms with E-state index in [0.717, 1.165) is 19.4 Å². The predicted octanol–water partition coefficient (Wildman–Crippen LogP) is 1.59. The van der Waals surface area contributed by atoms with Gasteiger partial charge < -0.3 is 14.6 Å². The maximum absolute atomic E-state index is 8.49. The molecular weight excluding hydrogens is 168 g/mol. The number of aliphatic hydroxyl groups is 1. The summed E-state index contributed by atoms with van der Waals surface area (Å²) in [4.78, 5) is 0. The number of hydrogen-bond donors (Lipinski definition) is 1. The van der Waals surface area contributed by atoms with E-state index in [0.29, 0.717) is 19.6 Å². The molecule has 0 heterocycles. The Hall–Kier alpha value is -0.120. The van der Waals surface area contributed by atoms with Gasteiger partial charge in [-0.15, -0.1) is 0 Å². The average Bonchev–Trinajstić information content (AvgIpc) is 2.13. The number of aliphatic hydroxyl groups excluding tert-OH is 1. The minimum absolute atomic E-state index is 0.172. The summed E-state index contributed by atoms with van der Waals surface area (Å²) >= 11 is 0. The highest BCUT2D eigenvalue weighted by molar-refractivity contribution is 4.47. The van der Waals surface area contributed by atoms with Gasteiger partial charge in [-0.3, -0.25) is 0 Å². The topological polar surface area (TPSA) is 38.7 Å². The van der Waals surface area contributed by atoms with Crippen molar-refractivity contribution in [3.8, 4) is 0 Å². The number of hydrogen-bond acceptors (Lipinski definition) is 3. The predicted molar refractivity (Wildman–Crippen MR) is 52.8 cm³/mol. The quantitative estimate of drug-likeness (QED) is 0.561. The van der Waals surface area contributed by atoms with E-state index < -0.39 is 0 Å². The zero-order chi connectivity index (χ0) is 9.94. The lowest BCUT2D eigenvalue weighted by Gasteiger charge is -2.12. The van der Waals surface area contributed by atoms with Gasteiger partial charge in [0.05, 0.1) is 12.7 Å². The second kappa shape index (κ2) is 9.96. The lowest BCUT2D eigenvalue weighted by molar-refractivity contribution is -0.0101. The minimum atomic E-state index is 0.172. The molecule has 0 spiro atoms. The summed E-state index contributed by atoms with van der Waals surface area (Å²) in [7, 11) is 0. The van der Waals surface area contributed by atoms with E-state index in [1.807, 2.05) is 6.92 Å². The largest absolute Gasteiger partial charge is 0.396 e. The third-order valence-corrected chi connectivity index (χ3v) is 1.70. The van der Waals surface area contributed by atoms with Crippen LogP contribution in [0.5, 0.6) is 0 Å². The van der Waals surface area contributed by atoms with E-state index in [9.17, 15) is 0 Å². The molecule has 0 aromatic heterocycles. The van der Waals surface area contributed by atoms with Crippen molar-refractivity contribution in [1.82, 2.24) is 0 Å². The van der Waals surface area contributed by atoms with Crippen LogP contribution in [0.25, 0.3) is 0 Å². The maximum atomic E-state index is 8.49. The maximum Gasteiger partial charge on any atom is 0.0780 e. The molecule has 0 amide bonds. The summed E-state index contributed by atoms with van der Waals surface area (Å²) in [5.41, 5.74) is 0. The zero-order valence-corrected chi connectivity index (χ0v) is 8.79. The molecule has 0 aromatic rings. The molecule has 80 valence electrons. The number of ether oxygens (including phenoxy) is 2. The summed E-state index contributed by atoms with van der Waals surface area (Å²) in [6.07, 6.45) is 3.16. The molecule has 0 aliphatic rings. The Morgan fingerprint density at radius 1 is 1.23 bits per heavy atom. The summed E-state index contributed by atoms with van der Waals surface area (Å²) in [6.45, 7) is 6.42. The Morgan fingerprint density at radius 3 is 2.62 bits per heavy atom. The van der Waals surface area contributed by atoms with Crippen LogP contribution in [0.3, 0.4) is 0 Å². The molecule has 0 saturated carbocycles. The average molecular weight is 190 g/mol. The Kier molecular flexibility index (Phi) is 9.87. The molecule has 1 N–H and O–H groups in total. The Bertz CT molecular complexity index is 96.2. The van der Waals surface area contributed by atoms with Crippen LogP contribution in [0.15, 0.2) is 0 Å². The van der Waals surface area contributed by atoms with Crippen LogP contribution in [0.2, 0.25) is 0 Å². The van der Waals surface area contributed by atoms with Crippen LogP contribution in [0.4, 0.5) is 0 Å². The van der Waals surface area contributed by atoms with Gasteiger partial charge in [-0.2, -0.15) is 0 Å². The number of rotatable bonds is 9. The number of unbranched alkanes of at least 4 members (excludes halogenated alkanes) is 1. The molecule has 0 aliphatic heterocycles. The van der Waals surface area contributed by atoms with Gasteiger partial charge in [0.2, 0.25) is 0 Å². The van der Waals surface area contributed by atoms with Crippen LogP contribution in [0, 0.1) is 0 Å². The lowest BCUT2D eigenvalue weighted by Crippen LogP contribution is -2.17. The first-order chi connectivity index (χ1) is 6.31. The molecule has 3 nitrogen and oxygen atoms in total. The van der Waals surface area contributed by atoms with Gasteiger partial charge in [-0.1, -0.05) is 13.3 Å². The van der Waals surface area contributed by atoms with Crippen LogP contribution >= 0.6 is 0 Å². The van der Waals surface area contributed by atoms with Crippen molar-refractivity contribution in [2.75, 3.05) is 26.4 Å². The minimum Gasteiger partial charge on any atom is -0.396 e. The molecular formula is C10H22O3. The van der Waals surface area contributed by atoms with Crippen LogP contribution < -0.4 is 0 Å². The first-order valence-electron chi connectivity index (χ1n) is 5.11. The Morgan fingerprint density at radius 2 is 2.00 bits per heavy atom. The molecule has 0 radical (unpaired) electrons. The van der Waals surface area contributed by atoms with Gasteiger partial charge >= 0.3 is 0 Å². The van der Waals surface area contributed by atoms with Gasteiger partial charge in [-0.05, 0) is 19.8 Å². The van der Waals surface area contributed by atoms with Crippen LogP contribution in [-0.2, 0) is 9.47 Å². The van der Waals surface area contributed by atoms with E-state index in [4.69, 9.17) is 14.6 Å². The molecule has 0 fully saturated rings. The molecule has 0 aromatic carbocycles. The molecule has 3 heteroatoms. The molecule has 13 heavy (non-hydrogen) atoms. The van der Waals surface area contributed by atoms with E-state index in [1.165, 1.54) is 0 Å². The Labute approximate surface area is 81.0 Å². The Balaban J connectivity index is 3.05. The van der Waals surface area contributed by atoms with Crippen molar-refractivity contribution in [3.05, 3.63) is 0 Å². The molecule has 0 rings (SSSR count). The van der Waals surface area contributed by atoms with Gasteiger partial charge in [0.25, 0.3) is 0 Å². The van der Waals surface area contributed by atoms with Crippen LogP contribution in [-0.4, -0.2) is 37.6 Å². The van der Waals surface area contributed by atoms with Crippen molar-refractivity contribution in [2.24, 2.45) is 0 Å². The van der Waals surface area contributed by atoms with E-state index in [1.54, 1.807) is 0 Å². The van der Waals surface area contributed by atoms with Crippen molar-refractivity contribution >= 4 is 0 Å². The second-order valence-corrected chi connectivity index (χ2v) is 3.19. The molecule has 1 atom stereocenters. The van der Waals surface area contributed by atoms with Gasteiger partial charge in [0, 0.05) is 19.8 Å². The first-order valence-corrected chi connectivity index (χ1v) is 5.11. The highest BCUT2D eigenvalue weighted by Gasteiger charge is 2.00. The van der Waals surface area contributed by atoms with Gasteiger partial charge in [-0.25, -0.2) is 0 Å². The normalized spacial score (nSPS) is 13.2. The summed E-state index contributed by atoms with van der Waals surface area (Å²) in [6, 6.07) is 0. The smallest absolute Gasteiger partial charge is 0.0780 e. The zero-order valence-electron chi connectivity index (χ0n) is 8.79. The molecule has 0 saturated heterocycles. The third kappa shape index (κ3) is 9.80. The van der Waals surface area contributed by atoms with E-state index >= 15 is 0 Å². The van der Waals surface area contributed by atoms with Crippen molar-refractivity contribution in [3.63, 3.8) is 0 Å². The van der Waals surface area contributed by atoms with Gasteiger partial charge in [0.15, 0.2) is 0 Å². The fourth-order valence-corrected chi connectivity index (χ4v) is 0.893. The highest BCUT2D eigenvalue weighted by atomic mass is 16.5. The van der Waals surface area contributed by atoms with E-state index in [2.05, 4.69) is 6.92 Å². The standard InChI is InChI=1S/C10H22O3/c1-3-4-8-13-10(2)9-12-7-5-6-11/h10-11H,3-9H2,1-2H3. The van der Waals surface area contributed by atoms with Crippen molar-refractivity contribution in [2.45, 2.75) is 39.2 Å². The monoisotopic (exact) mass is 190 g/mol. The van der Waals surface area contributed by atoms with Crippen molar-refractivity contribution < 1.29 is 14.6 Å². The molecule has 0 bridgehead atoms. The fraction of sp³-hybridized carbons (Fsp3) is 1.00. The summed E-state index contributed by atoms with van der Waals surface area (Å²) in [5, 5.41) is 8.49. The van der Waals surface area contributed by atoms with Gasteiger partial charge in [0.1, 0.15) is 0 Å². The fourth-order valence-electron chi connectivity index (χ4n) is 0.893. The van der Waals surface area contributed by atoms with Crippen molar-refractivity contribution in [1.29, 1.82) is 0 Å². The van der Waals surface area contributed by atoms with E-state index in [-0.39, 0.29) is 12.7 Å². The SMILES string of the molecule is CCCCOC(C)COCCCO. The first kappa shape index (κ1) is 12.9. The lowest BCUT2D eigenvalue weighted by atomic mass is 10.3. The molecule has 1 unspecified atom stereocenters. The summed E-state index contributed by atoms with van der Waals surface area (Å²) < 4.78 is 10.8. The summed E-state index contributed by atoms with van der Waals surface area (Å²) in [5.74, 6) is 0. The molecule has 0 aliphatic carbocycles. The second-order valence-electron chi connectivity index (χ2n) is 3.19. The third-order valence-electron chi connectivity index (χ3n) is 1.70.